The molecule has 0 aliphatic rings. The molecule has 0 aromatic heterocycles. The SMILES string of the molecule is CC#CCN(C)C(=O)COc1cc(Cl)c(Cc2ccc(O)c(C(C)CCC#CCNC(=O)COc3cc(Cl)c(Cc4ccc(O)c(C(C)C)c4)c(Cl)c3)c2)c(Cl)c1. The monoisotopic (exact) mass is 850 g/mol. The lowest BCUT2D eigenvalue weighted by atomic mass is 9.92. The lowest BCUT2D eigenvalue weighted by Crippen LogP contribution is -2.31. The molecule has 57 heavy (non-hydrogen) atoms. The Hall–Kier alpha value is -4.70. The van der Waals surface area contributed by atoms with Gasteiger partial charge in [0.2, 0.25) is 0 Å². The third kappa shape index (κ3) is 13.4. The first kappa shape index (κ1) is 45.0. The number of phenols is 2. The Morgan fingerprint density at radius 2 is 1.25 bits per heavy atom. The first-order valence-electron chi connectivity index (χ1n) is 18.4. The van der Waals surface area contributed by atoms with Crippen LogP contribution < -0.4 is 14.8 Å². The number of benzene rings is 4. The molecule has 0 aliphatic carbocycles. The van der Waals surface area contributed by atoms with Gasteiger partial charge >= 0.3 is 0 Å². The molecule has 300 valence electrons. The quantitative estimate of drug-likeness (QED) is 0.0970. The zero-order chi connectivity index (χ0) is 41.6. The van der Waals surface area contributed by atoms with Crippen LogP contribution in [0.3, 0.4) is 0 Å². The van der Waals surface area contributed by atoms with Gasteiger partial charge in [-0.2, -0.15) is 0 Å². The van der Waals surface area contributed by atoms with Crippen molar-refractivity contribution in [1.82, 2.24) is 10.2 Å². The molecule has 0 saturated heterocycles. The number of rotatable bonds is 16. The number of likely N-dealkylation sites (N-methyl/N-ethyl adjacent to an activating group) is 1. The smallest absolute Gasteiger partial charge is 0.261 e. The molecule has 8 nitrogen and oxygen atoms in total. The van der Waals surface area contributed by atoms with E-state index >= 15 is 0 Å². The van der Waals surface area contributed by atoms with Crippen LogP contribution in [0.25, 0.3) is 0 Å². The summed E-state index contributed by atoms with van der Waals surface area (Å²) < 4.78 is 11.3. The minimum atomic E-state index is -0.347. The van der Waals surface area contributed by atoms with E-state index in [1.165, 1.54) is 4.90 Å². The number of carbonyl (C=O) groups excluding carboxylic acids is 2. The van der Waals surface area contributed by atoms with Crippen LogP contribution in [0.15, 0.2) is 60.7 Å². The molecule has 0 bridgehead atoms. The summed E-state index contributed by atoms with van der Waals surface area (Å²) in [6, 6.07) is 17.4. The summed E-state index contributed by atoms with van der Waals surface area (Å²) in [7, 11) is 1.65. The fourth-order valence-corrected chi connectivity index (χ4v) is 7.04. The molecule has 0 spiro atoms. The van der Waals surface area contributed by atoms with Gasteiger partial charge in [-0.3, -0.25) is 9.59 Å². The summed E-state index contributed by atoms with van der Waals surface area (Å²) in [6.45, 7) is 7.80. The molecule has 12 heteroatoms. The second-order valence-electron chi connectivity index (χ2n) is 13.8. The first-order chi connectivity index (χ1) is 27.2. The van der Waals surface area contributed by atoms with Crippen LogP contribution in [0.4, 0.5) is 0 Å². The molecule has 0 heterocycles. The second kappa shape index (κ2) is 21.7. The van der Waals surface area contributed by atoms with E-state index in [0.717, 1.165) is 27.8 Å². The Labute approximate surface area is 355 Å². The van der Waals surface area contributed by atoms with Crippen molar-refractivity contribution in [3.8, 4) is 46.7 Å². The van der Waals surface area contributed by atoms with Crippen LogP contribution in [0, 0.1) is 23.7 Å². The van der Waals surface area contributed by atoms with Gasteiger partial charge in [0.05, 0.1) is 13.1 Å². The largest absolute Gasteiger partial charge is 0.508 e. The third-order valence-corrected chi connectivity index (χ3v) is 10.5. The van der Waals surface area contributed by atoms with E-state index in [9.17, 15) is 19.8 Å². The predicted octanol–water partition coefficient (Wildman–Crippen LogP) is 9.96. The lowest BCUT2D eigenvalue weighted by molar-refractivity contribution is -0.131. The van der Waals surface area contributed by atoms with Gasteiger partial charge < -0.3 is 29.9 Å². The molecule has 4 rings (SSSR count). The van der Waals surface area contributed by atoms with Gasteiger partial charge in [-0.05, 0) is 95.0 Å². The fraction of sp³-hybridized carbons (Fsp3) is 0.333. The number of hydrogen-bond acceptors (Lipinski definition) is 6. The summed E-state index contributed by atoms with van der Waals surface area (Å²) in [6.07, 6.45) is 2.12. The van der Waals surface area contributed by atoms with Crippen molar-refractivity contribution in [3.05, 3.63) is 114 Å². The number of nitrogens with zero attached hydrogens (tertiary/aromatic N) is 1. The van der Waals surface area contributed by atoms with E-state index in [-0.39, 0.29) is 54.9 Å². The summed E-state index contributed by atoms with van der Waals surface area (Å²) >= 11 is 26.3. The molecule has 1 atom stereocenters. The Kier molecular flexibility index (Phi) is 17.2. The molecule has 0 radical (unpaired) electrons. The molecule has 1 unspecified atom stereocenters. The number of ether oxygens (including phenoxy) is 2. The number of aromatic hydroxyl groups is 2. The number of carbonyl (C=O) groups is 2. The Morgan fingerprint density at radius 1 is 0.737 bits per heavy atom. The minimum absolute atomic E-state index is 0.00780. The van der Waals surface area contributed by atoms with Crippen molar-refractivity contribution in [2.45, 2.75) is 65.2 Å². The average Bonchev–Trinajstić information content (AvgIpc) is 3.17. The van der Waals surface area contributed by atoms with Gasteiger partial charge in [-0.1, -0.05) is 103 Å². The van der Waals surface area contributed by atoms with Crippen molar-refractivity contribution in [3.63, 3.8) is 0 Å². The van der Waals surface area contributed by atoms with Crippen LogP contribution in [0.1, 0.15) is 85.8 Å². The van der Waals surface area contributed by atoms with Gasteiger partial charge in [-0.25, -0.2) is 0 Å². The summed E-state index contributed by atoms with van der Waals surface area (Å²) in [5, 5.41) is 25.2. The maximum Gasteiger partial charge on any atom is 0.261 e. The van der Waals surface area contributed by atoms with Crippen molar-refractivity contribution >= 4 is 58.2 Å². The van der Waals surface area contributed by atoms with Gasteiger partial charge in [0.1, 0.15) is 23.0 Å². The Balaban J connectivity index is 1.23. The maximum atomic E-state index is 12.4. The summed E-state index contributed by atoms with van der Waals surface area (Å²) in [4.78, 5) is 26.2. The van der Waals surface area contributed by atoms with Crippen LogP contribution in [0.2, 0.25) is 20.1 Å². The van der Waals surface area contributed by atoms with E-state index in [1.807, 2.05) is 45.0 Å². The molecule has 0 aliphatic heterocycles. The van der Waals surface area contributed by atoms with Gasteiger partial charge in [0.25, 0.3) is 11.8 Å². The van der Waals surface area contributed by atoms with Crippen molar-refractivity contribution in [2.75, 3.05) is 33.4 Å². The second-order valence-corrected chi connectivity index (χ2v) is 15.5. The fourth-order valence-electron chi connectivity index (χ4n) is 5.84. The molecular formula is C45H46Cl4N2O6. The van der Waals surface area contributed by atoms with Crippen LogP contribution in [-0.2, 0) is 22.4 Å². The summed E-state index contributed by atoms with van der Waals surface area (Å²) in [5.41, 5.74) is 4.91. The number of phenolic OH excluding ortho intramolecular Hbond substituents is 2. The number of amides is 2. The highest BCUT2D eigenvalue weighted by Crippen LogP contribution is 2.36. The van der Waals surface area contributed by atoms with Crippen LogP contribution in [0.5, 0.6) is 23.0 Å². The van der Waals surface area contributed by atoms with E-state index in [4.69, 9.17) is 55.9 Å². The highest BCUT2D eigenvalue weighted by atomic mass is 35.5. The van der Waals surface area contributed by atoms with E-state index in [1.54, 1.807) is 50.4 Å². The highest BCUT2D eigenvalue weighted by molar-refractivity contribution is 6.36. The average molecular weight is 853 g/mol. The predicted molar refractivity (Wildman–Crippen MR) is 229 cm³/mol. The van der Waals surface area contributed by atoms with Crippen molar-refractivity contribution in [2.24, 2.45) is 0 Å². The van der Waals surface area contributed by atoms with Crippen LogP contribution >= 0.6 is 46.4 Å². The van der Waals surface area contributed by atoms with Gasteiger partial charge in [0.15, 0.2) is 13.2 Å². The van der Waals surface area contributed by atoms with E-state index < -0.39 is 0 Å². The van der Waals surface area contributed by atoms with Gasteiger partial charge in [-0.15, -0.1) is 11.8 Å². The molecule has 4 aromatic rings. The van der Waals surface area contributed by atoms with Gasteiger partial charge in [0, 0.05) is 46.4 Å². The van der Waals surface area contributed by atoms with Crippen molar-refractivity contribution < 1.29 is 29.3 Å². The van der Waals surface area contributed by atoms with Crippen LogP contribution in [-0.4, -0.2) is 60.3 Å². The zero-order valence-corrected chi connectivity index (χ0v) is 35.6. The maximum absolute atomic E-state index is 12.4. The Bertz CT molecular complexity index is 2160. The molecular weight excluding hydrogens is 806 g/mol. The van der Waals surface area contributed by atoms with E-state index in [0.29, 0.717) is 69.4 Å². The standard InChI is InChI=1S/C45H46Cl4N2O6/c1-6-7-17-51(5)45(55)27-57-33-24-40(48)37(41(49)25-33)21-31-13-15-43(53)35(19-31)29(4)11-9-8-10-16-50-44(54)26-56-32-22-38(46)36(39(47)23-32)20-30-12-14-42(52)34(18-30)28(2)3/h12-15,18-19,22-25,28-29,52-53H,9,11,16-17,20-21,26-27H2,1-5H3,(H,50,54). The topological polar surface area (TPSA) is 108 Å². The zero-order valence-electron chi connectivity index (χ0n) is 32.6. The normalized spacial score (nSPS) is 11.2. The molecule has 0 saturated carbocycles. The highest BCUT2D eigenvalue weighted by Gasteiger charge is 2.17. The molecule has 0 fully saturated rings. The third-order valence-electron chi connectivity index (χ3n) is 9.18. The molecule has 2 amide bonds. The number of halogens is 4. The van der Waals surface area contributed by atoms with E-state index in [2.05, 4.69) is 29.0 Å². The summed E-state index contributed by atoms with van der Waals surface area (Å²) in [5.74, 6) is 12.4. The first-order valence-corrected chi connectivity index (χ1v) is 19.9. The molecule has 3 N–H and O–H groups in total. The minimum Gasteiger partial charge on any atom is -0.508 e. The number of nitrogens with one attached hydrogen (secondary N) is 1. The van der Waals surface area contributed by atoms with Crippen molar-refractivity contribution in [1.29, 1.82) is 0 Å². The molecule has 4 aromatic carbocycles. The Morgan fingerprint density at radius 3 is 1.77 bits per heavy atom. The number of hydrogen-bond donors (Lipinski definition) is 3. The lowest BCUT2D eigenvalue weighted by Gasteiger charge is -2.16.